The minimum Gasteiger partial charge on any atom is -0.493 e. The number of carbonyl (C=O) groups excluding carboxylic acids is 3. The van der Waals surface area contributed by atoms with Crippen molar-refractivity contribution >= 4 is 57.7 Å². The van der Waals surface area contributed by atoms with Gasteiger partial charge in [0.1, 0.15) is 0 Å². The number of hydrogen-bond acceptors (Lipinski definition) is 8. The van der Waals surface area contributed by atoms with E-state index in [1.165, 1.54) is 7.11 Å². The van der Waals surface area contributed by atoms with Crippen molar-refractivity contribution in [2.75, 3.05) is 36.6 Å². The lowest BCUT2D eigenvalue weighted by atomic mass is 10.1. The Labute approximate surface area is 287 Å². The molecular formula is C37H36N8O5. The third-order valence-corrected chi connectivity index (χ3v) is 8.70. The van der Waals surface area contributed by atoms with Crippen LogP contribution in [0.15, 0.2) is 84.0 Å². The number of hydrogen-bond donors (Lipinski definition) is 4. The van der Waals surface area contributed by atoms with Crippen LogP contribution in [0.1, 0.15) is 40.2 Å². The van der Waals surface area contributed by atoms with E-state index in [0.717, 1.165) is 27.7 Å². The molecule has 1 fully saturated rings. The van der Waals surface area contributed by atoms with E-state index in [4.69, 9.17) is 15.2 Å². The average Bonchev–Trinajstić information content (AvgIpc) is 3.79. The van der Waals surface area contributed by atoms with E-state index >= 15 is 0 Å². The third-order valence-electron chi connectivity index (χ3n) is 8.70. The molecule has 2 aromatic heterocycles. The number of aromatic amines is 1. The van der Waals surface area contributed by atoms with Crippen LogP contribution < -0.4 is 25.8 Å². The first-order valence-corrected chi connectivity index (χ1v) is 16.1. The Hall–Kier alpha value is -6.37. The molecule has 0 spiro atoms. The highest BCUT2D eigenvalue weighted by molar-refractivity contribution is 6.04. The first kappa shape index (κ1) is 32.2. The third kappa shape index (κ3) is 6.52. The quantitative estimate of drug-likeness (QED) is 0.0839. The van der Waals surface area contributed by atoms with Crippen LogP contribution in [0, 0.1) is 0 Å². The van der Waals surface area contributed by atoms with Crippen LogP contribution in [0.3, 0.4) is 0 Å². The summed E-state index contributed by atoms with van der Waals surface area (Å²) in [7, 11) is 3.19. The van der Waals surface area contributed by atoms with Crippen molar-refractivity contribution < 1.29 is 23.9 Å². The smallest absolute Gasteiger partial charge is 0.291 e. The number of carbonyl (C=O) groups is 3. The van der Waals surface area contributed by atoms with Gasteiger partial charge in [0, 0.05) is 66.5 Å². The number of amides is 3. The Balaban J connectivity index is 0.913. The van der Waals surface area contributed by atoms with Crippen molar-refractivity contribution in [2.45, 2.75) is 25.3 Å². The van der Waals surface area contributed by atoms with Crippen molar-refractivity contribution in [1.82, 2.24) is 19.4 Å². The number of nitrogens with zero attached hydrogens (tertiary/aromatic N) is 4. The topological polar surface area (TPSA) is 169 Å². The van der Waals surface area contributed by atoms with E-state index in [1.807, 2.05) is 48.5 Å². The summed E-state index contributed by atoms with van der Waals surface area (Å²) in [5.74, 6) is 0.424. The van der Waals surface area contributed by atoms with Crippen LogP contribution in [0.5, 0.6) is 11.5 Å². The molecule has 7 rings (SSSR count). The SMILES string of the molecule is C=C1CC2C=Nc3cc(OCCCC(=O)Nc4cn(C)c(C(=O)Nc5ccc(-c6cc7cc(N)ccc7[nH]6)cc5)n4)c(OC)cc3C(=O)N2C1. The number of aromatic nitrogens is 3. The number of aryl methyl sites for hydroxylation is 1. The lowest BCUT2D eigenvalue weighted by Gasteiger charge is -2.20. The van der Waals surface area contributed by atoms with E-state index in [2.05, 4.69) is 32.2 Å². The van der Waals surface area contributed by atoms with E-state index < -0.39 is 5.91 Å². The van der Waals surface area contributed by atoms with Crippen molar-refractivity contribution in [3.05, 3.63) is 90.4 Å². The Morgan fingerprint density at radius 2 is 1.90 bits per heavy atom. The maximum absolute atomic E-state index is 13.2. The maximum Gasteiger partial charge on any atom is 0.291 e. The zero-order chi connectivity index (χ0) is 34.9. The van der Waals surface area contributed by atoms with E-state index in [9.17, 15) is 14.4 Å². The molecule has 50 heavy (non-hydrogen) atoms. The summed E-state index contributed by atoms with van der Waals surface area (Å²) >= 11 is 0. The van der Waals surface area contributed by atoms with Gasteiger partial charge in [0.2, 0.25) is 11.7 Å². The number of methoxy groups -OCH3 is 1. The molecule has 1 unspecified atom stereocenters. The summed E-state index contributed by atoms with van der Waals surface area (Å²) in [5, 5.41) is 6.63. The maximum atomic E-state index is 13.2. The van der Waals surface area contributed by atoms with Gasteiger partial charge in [-0.25, -0.2) is 4.98 Å². The fraction of sp³-hybridized carbons (Fsp3) is 0.216. The van der Waals surface area contributed by atoms with E-state index in [-0.39, 0.29) is 42.5 Å². The minimum absolute atomic E-state index is 0.114. The number of ether oxygens (including phenoxy) is 2. The molecule has 2 aliphatic rings. The standard InChI is InChI=1S/C37H36N8O5/c1-21-13-26-18-39-30-17-32(31(49-3)16-27(30)37(48)45(26)19-21)50-12-4-5-34(46)42-33-20-44(2)35(43-33)36(47)40-25-9-6-22(7-10-25)29-15-23-14-24(38)8-11-28(23)41-29/h6-11,14-18,20,26,41H,1,4-5,12-13,19,38H2,2-3H3,(H,40,47)(H,42,46). The second-order valence-corrected chi connectivity index (χ2v) is 12.4. The summed E-state index contributed by atoms with van der Waals surface area (Å²) in [4.78, 5) is 53.0. The summed E-state index contributed by atoms with van der Waals surface area (Å²) < 4.78 is 13.0. The minimum atomic E-state index is -0.415. The molecule has 5 N–H and O–H groups in total. The highest BCUT2D eigenvalue weighted by Crippen LogP contribution is 2.38. The summed E-state index contributed by atoms with van der Waals surface area (Å²) in [5.41, 5.74) is 12.0. The number of H-pyrrole nitrogens is 1. The second kappa shape index (κ2) is 13.3. The predicted molar refractivity (Wildman–Crippen MR) is 192 cm³/mol. The summed E-state index contributed by atoms with van der Waals surface area (Å²) in [6, 6.07) is 18.4. The van der Waals surface area contributed by atoms with Crippen LogP contribution in [0.2, 0.25) is 0 Å². The van der Waals surface area contributed by atoms with Gasteiger partial charge in [-0.3, -0.25) is 19.4 Å². The molecule has 4 heterocycles. The molecule has 254 valence electrons. The molecule has 3 aromatic carbocycles. The van der Waals surface area contributed by atoms with E-state index in [0.29, 0.717) is 53.5 Å². The molecule has 1 saturated heterocycles. The van der Waals surface area contributed by atoms with E-state index in [1.54, 1.807) is 41.1 Å². The van der Waals surface area contributed by atoms with Gasteiger partial charge in [-0.2, -0.15) is 0 Å². The van der Waals surface area contributed by atoms with Crippen LogP contribution in [-0.2, 0) is 11.8 Å². The normalized spacial score (nSPS) is 15.1. The highest BCUT2D eigenvalue weighted by atomic mass is 16.5. The van der Waals surface area contributed by atoms with Gasteiger partial charge in [0.05, 0.1) is 31.0 Å². The zero-order valence-corrected chi connectivity index (χ0v) is 27.7. The number of benzene rings is 3. The molecule has 13 nitrogen and oxygen atoms in total. The molecule has 0 aliphatic carbocycles. The van der Waals surface area contributed by atoms with Crippen LogP contribution in [0.25, 0.3) is 22.2 Å². The van der Waals surface area contributed by atoms with Gasteiger partial charge in [-0.05, 0) is 60.9 Å². The van der Waals surface area contributed by atoms with Gasteiger partial charge < -0.3 is 40.3 Å². The Kier molecular flexibility index (Phi) is 8.54. The lowest BCUT2D eigenvalue weighted by molar-refractivity contribution is -0.116. The summed E-state index contributed by atoms with van der Waals surface area (Å²) in [6.45, 7) is 4.74. The predicted octanol–water partition coefficient (Wildman–Crippen LogP) is 5.70. The van der Waals surface area contributed by atoms with Gasteiger partial charge in [-0.1, -0.05) is 24.3 Å². The molecule has 13 heteroatoms. The molecule has 0 saturated carbocycles. The zero-order valence-electron chi connectivity index (χ0n) is 27.7. The van der Waals surface area contributed by atoms with Crippen LogP contribution in [0.4, 0.5) is 22.9 Å². The van der Waals surface area contributed by atoms with Crippen LogP contribution >= 0.6 is 0 Å². The number of imidazole rings is 1. The molecule has 0 bridgehead atoms. The van der Waals surface area contributed by atoms with Gasteiger partial charge in [0.25, 0.3) is 11.8 Å². The number of fused-ring (bicyclic) bond motifs is 3. The number of nitrogens with one attached hydrogen (secondary N) is 3. The monoisotopic (exact) mass is 672 g/mol. The van der Waals surface area contributed by atoms with Crippen molar-refractivity contribution in [2.24, 2.45) is 12.0 Å². The van der Waals surface area contributed by atoms with Crippen molar-refractivity contribution in [3.63, 3.8) is 0 Å². The van der Waals surface area contributed by atoms with Crippen molar-refractivity contribution in [1.29, 1.82) is 0 Å². The number of nitrogen functional groups attached to an aromatic ring is 1. The van der Waals surface area contributed by atoms with Gasteiger partial charge in [0.15, 0.2) is 17.3 Å². The lowest BCUT2D eigenvalue weighted by Crippen LogP contribution is -2.35. The highest BCUT2D eigenvalue weighted by Gasteiger charge is 2.34. The number of nitrogens with two attached hydrogens (primary N) is 1. The van der Waals surface area contributed by atoms with Gasteiger partial charge >= 0.3 is 0 Å². The number of aliphatic imine (C=N–C) groups is 1. The second-order valence-electron chi connectivity index (χ2n) is 12.4. The van der Waals surface area contributed by atoms with Crippen LogP contribution in [-0.4, -0.2) is 69.7 Å². The first-order valence-electron chi connectivity index (χ1n) is 16.1. The number of anilines is 3. The molecular weight excluding hydrogens is 636 g/mol. The fourth-order valence-electron chi connectivity index (χ4n) is 6.19. The molecule has 0 radical (unpaired) electrons. The summed E-state index contributed by atoms with van der Waals surface area (Å²) in [6.07, 6.45) is 4.60. The fourth-order valence-corrected chi connectivity index (χ4v) is 6.19. The average molecular weight is 673 g/mol. The molecule has 5 aromatic rings. The molecule has 3 amide bonds. The Bertz CT molecular complexity index is 2180. The first-order chi connectivity index (χ1) is 24.1. The largest absolute Gasteiger partial charge is 0.493 e. The Morgan fingerprint density at radius 1 is 1.08 bits per heavy atom. The Morgan fingerprint density at radius 3 is 2.70 bits per heavy atom. The number of rotatable bonds is 10. The van der Waals surface area contributed by atoms with Gasteiger partial charge in [-0.15, -0.1) is 0 Å². The van der Waals surface area contributed by atoms with Crippen molar-refractivity contribution in [3.8, 4) is 22.8 Å². The molecule has 2 aliphatic heterocycles. The molecule has 1 atom stereocenters.